The maximum Gasteiger partial charge on any atom is 0.295 e. The summed E-state index contributed by atoms with van der Waals surface area (Å²) in [6.07, 6.45) is 0.880. The molecule has 40 heavy (non-hydrogen) atoms. The third kappa shape index (κ3) is 4.51. The van der Waals surface area contributed by atoms with Gasteiger partial charge in [0.1, 0.15) is 12.2 Å². The van der Waals surface area contributed by atoms with Crippen LogP contribution in [0.5, 0.6) is 11.5 Å². The molecule has 6 rings (SSSR count). The number of hydrogen-bond acceptors (Lipinski definition) is 5. The van der Waals surface area contributed by atoms with Crippen LogP contribution < -0.4 is 19.8 Å². The fourth-order valence-corrected chi connectivity index (χ4v) is 5.21. The maximum atomic E-state index is 13.9. The topological polar surface area (TPSA) is 69.0 Å². The monoisotopic (exact) mass is 531 g/mol. The average molecular weight is 532 g/mol. The number of carbonyl (C=O) groups excluding carboxylic acids is 1. The number of amides is 1. The van der Waals surface area contributed by atoms with Crippen molar-refractivity contribution in [3.8, 4) is 11.5 Å². The van der Waals surface area contributed by atoms with E-state index in [1.807, 2.05) is 79.7 Å². The van der Waals surface area contributed by atoms with Crippen molar-refractivity contribution in [3.05, 3.63) is 135 Å². The molecule has 0 bridgehead atoms. The first-order valence-electron chi connectivity index (χ1n) is 13.5. The van der Waals surface area contributed by atoms with Gasteiger partial charge < -0.3 is 13.9 Å². The quantitative estimate of drug-likeness (QED) is 0.214. The summed E-state index contributed by atoms with van der Waals surface area (Å²) in [6.45, 7) is 4.81. The highest BCUT2D eigenvalue weighted by Crippen LogP contribution is 2.43. The number of aryl methyl sites for hydroxylation is 1. The average Bonchev–Trinajstić information content (AvgIpc) is 3.29. The minimum Gasteiger partial charge on any atom is -0.490 e. The molecule has 0 radical (unpaired) electrons. The molecule has 0 aliphatic carbocycles. The molecule has 1 aliphatic rings. The maximum absolute atomic E-state index is 13.9. The molecule has 2 heterocycles. The minimum absolute atomic E-state index is 0.0654. The van der Waals surface area contributed by atoms with Gasteiger partial charge in [-0.05, 0) is 66.4 Å². The Morgan fingerprint density at radius 3 is 2.27 bits per heavy atom. The third-order valence-corrected chi connectivity index (χ3v) is 7.22. The molecule has 0 saturated heterocycles. The van der Waals surface area contributed by atoms with Gasteiger partial charge in [0, 0.05) is 5.69 Å². The van der Waals surface area contributed by atoms with Crippen molar-refractivity contribution >= 4 is 22.6 Å². The molecular weight excluding hydrogens is 502 g/mol. The number of para-hydroxylation sites is 1. The zero-order chi connectivity index (χ0) is 27.6. The molecule has 4 aromatic carbocycles. The van der Waals surface area contributed by atoms with E-state index in [1.165, 1.54) is 0 Å². The van der Waals surface area contributed by atoms with E-state index in [-0.39, 0.29) is 17.1 Å². The van der Waals surface area contributed by atoms with Gasteiger partial charge in [-0.2, -0.15) is 0 Å². The lowest BCUT2D eigenvalue weighted by molar-refractivity contribution is 0.0971. The number of carbonyl (C=O) groups is 1. The van der Waals surface area contributed by atoms with Crippen molar-refractivity contribution in [2.24, 2.45) is 0 Å². The molecule has 1 aromatic heterocycles. The highest BCUT2D eigenvalue weighted by molar-refractivity contribution is 6.10. The normalized spacial score (nSPS) is 14.4. The number of ether oxygens (including phenoxy) is 2. The highest BCUT2D eigenvalue weighted by atomic mass is 16.5. The molecule has 1 atom stereocenters. The zero-order valence-electron chi connectivity index (χ0n) is 22.4. The van der Waals surface area contributed by atoms with E-state index < -0.39 is 6.04 Å². The van der Waals surface area contributed by atoms with Crippen LogP contribution in [-0.4, -0.2) is 12.5 Å². The smallest absolute Gasteiger partial charge is 0.295 e. The number of hydrogen-bond donors (Lipinski definition) is 0. The van der Waals surface area contributed by atoms with Crippen LogP contribution in [0.4, 0.5) is 5.69 Å². The van der Waals surface area contributed by atoms with Crippen LogP contribution in [0.1, 0.15) is 52.7 Å². The zero-order valence-corrected chi connectivity index (χ0v) is 22.4. The van der Waals surface area contributed by atoms with E-state index in [1.54, 1.807) is 29.2 Å². The Morgan fingerprint density at radius 1 is 0.775 bits per heavy atom. The molecular formula is C34H29NO5. The molecule has 0 saturated carbocycles. The lowest BCUT2D eigenvalue weighted by atomic mass is 9.97. The second kappa shape index (κ2) is 10.7. The lowest BCUT2D eigenvalue weighted by Gasteiger charge is -2.26. The predicted octanol–water partition coefficient (Wildman–Crippen LogP) is 7.08. The van der Waals surface area contributed by atoms with E-state index in [0.717, 1.165) is 23.1 Å². The van der Waals surface area contributed by atoms with Gasteiger partial charge in [0.15, 0.2) is 16.9 Å². The summed E-state index contributed by atoms with van der Waals surface area (Å²) in [5, 5.41) is 0.440. The van der Waals surface area contributed by atoms with E-state index >= 15 is 0 Å². The number of rotatable bonds is 8. The van der Waals surface area contributed by atoms with Crippen LogP contribution >= 0.6 is 0 Å². The Kier molecular flexibility index (Phi) is 6.83. The van der Waals surface area contributed by atoms with Crippen molar-refractivity contribution in [1.29, 1.82) is 0 Å². The molecule has 0 spiro atoms. The molecule has 1 aliphatic heterocycles. The van der Waals surface area contributed by atoms with E-state index in [9.17, 15) is 9.59 Å². The first kappa shape index (κ1) is 25.4. The van der Waals surface area contributed by atoms with E-state index in [2.05, 4.69) is 6.92 Å². The Bertz CT molecular complexity index is 1740. The van der Waals surface area contributed by atoms with Gasteiger partial charge in [0.05, 0.1) is 23.6 Å². The van der Waals surface area contributed by atoms with E-state index in [0.29, 0.717) is 46.9 Å². The summed E-state index contributed by atoms with van der Waals surface area (Å²) >= 11 is 0. The third-order valence-electron chi connectivity index (χ3n) is 7.22. The van der Waals surface area contributed by atoms with Crippen LogP contribution in [0, 0.1) is 0 Å². The molecule has 6 heteroatoms. The minimum atomic E-state index is -0.696. The lowest BCUT2D eigenvalue weighted by Crippen LogP contribution is -2.29. The number of benzene rings is 4. The Hall–Kier alpha value is -4.84. The molecule has 1 amide bonds. The number of nitrogens with zero attached hydrogens (tertiary/aromatic N) is 1. The molecule has 0 N–H and O–H groups in total. The van der Waals surface area contributed by atoms with Crippen molar-refractivity contribution in [1.82, 2.24) is 0 Å². The van der Waals surface area contributed by atoms with Gasteiger partial charge in [0.25, 0.3) is 5.91 Å². The second-order valence-electron chi connectivity index (χ2n) is 9.68. The summed E-state index contributed by atoms with van der Waals surface area (Å²) in [5.41, 5.74) is 4.10. The van der Waals surface area contributed by atoms with Crippen molar-refractivity contribution in [2.45, 2.75) is 32.9 Å². The van der Waals surface area contributed by atoms with Gasteiger partial charge in [-0.15, -0.1) is 0 Å². The molecule has 200 valence electrons. The van der Waals surface area contributed by atoms with Crippen molar-refractivity contribution in [3.63, 3.8) is 0 Å². The summed E-state index contributed by atoms with van der Waals surface area (Å²) in [6, 6.07) is 29.7. The molecule has 5 aromatic rings. The molecule has 0 fully saturated rings. The van der Waals surface area contributed by atoms with E-state index in [4.69, 9.17) is 13.9 Å². The van der Waals surface area contributed by atoms with Crippen LogP contribution in [-0.2, 0) is 13.0 Å². The standard InChI is InChI=1S/C34H29NO5/c1-3-22-14-17-25(18-15-22)35-31(30-32(36)26-12-8-9-13-27(26)40-33(30)34(35)37)24-16-19-28(29(20-24)38-4-2)39-21-23-10-6-5-7-11-23/h5-20,31H,3-4,21H2,1-2H3. The molecule has 6 nitrogen and oxygen atoms in total. The Morgan fingerprint density at radius 2 is 1.52 bits per heavy atom. The second-order valence-corrected chi connectivity index (χ2v) is 9.68. The van der Waals surface area contributed by atoms with Crippen LogP contribution in [0.2, 0.25) is 0 Å². The summed E-state index contributed by atoms with van der Waals surface area (Å²) in [4.78, 5) is 29.4. The van der Waals surface area contributed by atoms with Gasteiger partial charge in [-0.3, -0.25) is 14.5 Å². The van der Waals surface area contributed by atoms with Crippen LogP contribution in [0.15, 0.2) is 106 Å². The van der Waals surface area contributed by atoms with Crippen LogP contribution in [0.3, 0.4) is 0 Å². The van der Waals surface area contributed by atoms with Crippen molar-refractivity contribution < 1.29 is 18.7 Å². The van der Waals surface area contributed by atoms with Gasteiger partial charge in [0.2, 0.25) is 5.76 Å². The SMILES string of the molecule is CCOc1cc(C2c3c(oc4ccccc4c3=O)C(=O)N2c2ccc(CC)cc2)ccc1OCc1ccccc1. The predicted molar refractivity (Wildman–Crippen MR) is 155 cm³/mol. The summed E-state index contributed by atoms with van der Waals surface area (Å²) < 4.78 is 18.2. The molecule has 1 unspecified atom stereocenters. The van der Waals surface area contributed by atoms with Gasteiger partial charge in [-0.1, -0.05) is 67.6 Å². The Labute approximate surface area is 232 Å². The fourth-order valence-electron chi connectivity index (χ4n) is 5.21. The first-order chi connectivity index (χ1) is 19.6. The summed E-state index contributed by atoms with van der Waals surface area (Å²) in [7, 11) is 0. The Balaban J connectivity index is 1.48. The fraction of sp³-hybridized carbons (Fsp3) is 0.176. The van der Waals surface area contributed by atoms with Crippen LogP contribution in [0.25, 0.3) is 11.0 Å². The number of anilines is 1. The van der Waals surface area contributed by atoms with Gasteiger partial charge >= 0.3 is 0 Å². The van der Waals surface area contributed by atoms with Crippen molar-refractivity contribution in [2.75, 3.05) is 11.5 Å². The summed E-state index contributed by atoms with van der Waals surface area (Å²) in [5.74, 6) is 0.844. The van der Waals surface area contributed by atoms with Gasteiger partial charge in [-0.25, -0.2) is 0 Å². The highest BCUT2D eigenvalue weighted by Gasteiger charge is 2.44. The number of fused-ring (bicyclic) bond motifs is 2. The first-order valence-corrected chi connectivity index (χ1v) is 13.5. The largest absolute Gasteiger partial charge is 0.490 e.